The fourth-order valence-electron chi connectivity index (χ4n) is 1.59. The van der Waals surface area contributed by atoms with Gasteiger partial charge in [-0.05, 0) is 25.1 Å². The van der Waals surface area contributed by atoms with E-state index in [1.54, 1.807) is 12.1 Å². The summed E-state index contributed by atoms with van der Waals surface area (Å²) < 4.78 is 36.2. The smallest absolute Gasteiger partial charge is 0.246 e. The fourth-order valence-corrected chi connectivity index (χ4v) is 2.93. The maximum absolute atomic E-state index is 12.4. The van der Waals surface area contributed by atoms with E-state index < -0.39 is 10.0 Å². The molecule has 19 heavy (non-hydrogen) atoms. The van der Waals surface area contributed by atoms with Gasteiger partial charge in [-0.25, -0.2) is 12.7 Å². The third kappa shape index (κ3) is 3.59. The molecule has 0 atom stereocenters. The average Bonchev–Trinajstić information content (AvgIpc) is 2.43. The van der Waals surface area contributed by atoms with Gasteiger partial charge in [-0.3, -0.25) is 0 Å². The molecule has 6 nitrogen and oxygen atoms in total. The molecule has 0 fully saturated rings. The maximum atomic E-state index is 12.4. The Balaban J connectivity index is 3.13. The van der Waals surface area contributed by atoms with Gasteiger partial charge in [0.05, 0.1) is 14.2 Å². The SMILES string of the molecule is COc1ccc(S(=O)(=O)N(C)CCCN)c(OC)c1. The van der Waals surface area contributed by atoms with Crippen LogP contribution in [-0.4, -0.2) is 47.1 Å². The molecule has 0 amide bonds. The first-order chi connectivity index (χ1) is 8.97. The fraction of sp³-hybridized carbons (Fsp3) is 0.500. The van der Waals surface area contributed by atoms with Crippen molar-refractivity contribution in [3.05, 3.63) is 18.2 Å². The Hall–Kier alpha value is -1.31. The normalized spacial score (nSPS) is 11.6. The quantitative estimate of drug-likeness (QED) is 0.797. The van der Waals surface area contributed by atoms with Crippen LogP contribution in [0, 0.1) is 0 Å². The van der Waals surface area contributed by atoms with Gasteiger partial charge in [0.25, 0.3) is 0 Å². The van der Waals surface area contributed by atoms with Gasteiger partial charge < -0.3 is 15.2 Å². The Labute approximate surface area is 114 Å². The Morgan fingerprint density at radius 3 is 2.47 bits per heavy atom. The number of hydrogen-bond acceptors (Lipinski definition) is 5. The van der Waals surface area contributed by atoms with Gasteiger partial charge in [0.2, 0.25) is 10.0 Å². The van der Waals surface area contributed by atoms with Crippen molar-refractivity contribution in [3.8, 4) is 11.5 Å². The molecule has 1 aromatic rings. The van der Waals surface area contributed by atoms with Crippen molar-refractivity contribution in [2.75, 3.05) is 34.4 Å². The molecule has 1 rings (SSSR count). The molecular formula is C12H20N2O4S. The van der Waals surface area contributed by atoms with Crippen LogP contribution in [0.5, 0.6) is 11.5 Å². The Morgan fingerprint density at radius 1 is 1.26 bits per heavy atom. The highest BCUT2D eigenvalue weighted by molar-refractivity contribution is 7.89. The van der Waals surface area contributed by atoms with E-state index in [-0.39, 0.29) is 10.6 Å². The molecule has 0 aromatic heterocycles. The number of sulfonamides is 1. The molecule has 2 N–H and O–H groups in total. The molecule has 0 unspecified atom stereocenters. The number of benzene rings is 1. The predicted octanol–water partition coefficient (Wildman–Crippen LogP) is 0.673. The second-order valence-electron chi connectivity index (χ2n) is 3.99. The highest BCUT2D eigenvalue weighted by Crippen LogP contribution is 2.30. The van der Waals surface area contributed by atoms with Crippen molar-refractivity contribution >= 4 is 10.0 Å². The zero-order chi connectivity index (χ0) is 14.5. The summed E-state index contributed by atoms with van der Waals surface area (Å²) in [5, 5.41) is 0. The van der Waals surface area contributed by atoms with Crippen LogP contribution >= 0.6 is 0 Å². The summed E-state index contributed by atoms with van der Waals surface area (Å²) in [4.78, 5) is 0.121. The van der Waals surface area contributed by atoms with Crippen LogP contribution in [0.3, 0.4) is 0 Å². The summed E-state index contributed by atoms with van der Waals surface area (Å²) in [6.07, 6.45) is 0.605. The van der Waals surface area contributed by atoms with Crippen LogP contribution in [-0.2, 0) is 10.0 Å². The number of ether oxygens (including phenoxy) is 2. The Morgan fingerprint density at radius 2 is 1.95 bits per heavy atom. The second-order valence-corrected chi connectivity index (χ2v) is 6.00. The lowest BCUT2D eigenvalue weighted by atomic mass is 10.3. The monoisotopic (exact) mass is 288 g/mol. The van der Waals surface area contributed by atoms with Crippen molar-refractivity contribution < 1.29 is 17.9 Å². The average molecular weight is 288 g/mol. The van der Waals surface area contributed by atoms with Gasteiger partial charge in [0.15, 0.2) is 0 Å². The molecule has 0 bridgehead atoms. The zero-order valence-corrected chi connectivity index (χ0v) is 12.2. The van der Waals surface area contributed by atoms with E-state index >= 15 is 0 Å². The van der Waals surface area contributed by atoms with Crippen molar-refractivity contribution in [3.63, 3.8) is 0 Å². The largest absolute Gasteiger partial charge is 0.497 e. The zero-order valence-electron chi connectivity index (χ0n) is 11.4. The van der Waals surface area contributed by atoms with Gasteiger partial charge in [-0.15, -0.1) is 0 Å². The molecule has 0 aliphatic rings. The molecule has 0 aliphatic carbocycles. The minimum atomic E-state index is -3.58. The summed E-state index contributed by atoms with van der Waals surface area (Å²) >= 11 is 0. The van der Waals surface area contributed by atoms with E-state index in [4.69, 9.17) is 15.2 Å². The first-order valence-electron chi connectivity index (χ1n) is 5.85. The maximum Gasteiger partial charge on any atom is 0.246 e. The number of rotatable bonds is 7. The van der Waals surface area contributed by atoms with Crippen molar-refractivity contribution in [1.82, 2.24) is 4.31 Å². The molecule has 0 radical (unpaired) electrons. The summed E-state index contributed by atoms with van der Waals surface area (Å²) in [5.74, 6) is 0.805. The minimum absolute atomic E-state index is 0.121. The molecule has 1 aromatic carbocycles. The molecule has 0 heterocycles. The van der Waals surface area contributed by atoms with E-state index in [2.05, 4.69) is 0 Å². The molecule has 7 heteroatoms. The van der Waals surface area contributed by atoms with Crippen LogP contribution in [0.2, 0.25) is 0 Å². The van der Waals surface area contributed by atoms with Gasteiger partial charge in [0, 0.05) is 19.7 Å². The molecule has 0 spiro atoms. The van der Waals surface area contributed by atoms with Crippen molar-refractivity contribution in [2.45, 2.75) is 11.3 Å². The van der Waals surface area contributed by atoms with Gasteiger partial charge >= 0.3 is 0 Å². The highest BCUT2D eigenvalue weighted by Gasteiger charge is 2.24. The third-order valence-electron chi connectivity index (χ3n) is 2.74. The van der Waals surface area contributed by atoms with Gasteiger partial charge in [-0.2, -0.15) is 0 Å². The molecule has 0 aliphatic heterocycles. The Bertz CT molecular complexity index is 516. The van der Waals surface area contributed by atoms with E-state index in [1.165, 1.54) is 31.6 Å². The topological polar surface area (TPSA) is 81.9 Å². The highest BCUT2D eigenvalue weighted by atomic mass is 32.2. The second kappa shape index (κ2) is 6.74. The van der Waals surface area contributed by atoms with Crippen LogP contribution in [0.15, 0.2) is 23.1 Å². The first kappa shape index (κ1) is 15.7. The van der Waals surface area contributed by atoms with E-state index in [0.717, 1.165) is 0 Å². The first-order valence-corrected chi connectivity index (χ1v) is 7.29. The number of nitrogens with zero attached hydrogens (tertiary/aromatic N) is 1. The van der Waals surface area contributed by atoms with Crippen LogP contribution < -0.4 is 15.2 Å². The van der Waals surface area contributed by atoms with E-state index in [0.29, 0.717) is 25.3 Å². The standard InChI is InChI=1S/C12H20N2O4S/c1-14(8-4-7-13)19(15,16)12-6-5-10(17-2)9-11(12)18-3/h5-6,9H,4,7-8,13H2,1-3H3. The molecular weight excluding hydrogens is 268 g/mol. The molecule has 0 saturated carbocycles. The minimum Gasteiger partial charge on any atom is -0.497 e. The predicted molar refractivity (Wildman–Crippen MR) is 73.0 cm³/mol. The van der Waals surface area contributed by atoms with Crippen LogP contribution in [0.4, 0.5) is 0 Å². The van der Waals surface area contributed by atoms with Gasteiger partial charge in [0.1, 0.15) is 16.4 Å². The van der Waals surface area contributed by atoms with Crippen LogP contribution in [0.25, 0.3) is 0 Å². The number of nitrogens with two attached hydrogens (primary N) is 1. The molecule has 0 saturated heterocycles. The lowest BCUT2D eigenvalue weighted by molar-refractivity contribution is 0.383. The van der Waals surface area contributed by atoms with Crippen molar-refractivity contribution in [2.24, 2.45) is 5.73 Å². The summed E-state index contributed by atoms with van der Waals surface area (Å²) in [6, 6.07) is 4.61. The summed E-state index contributed by atoms with van der Waals surface area (Å²) in [7, 11) is 0.875. The van der Waals surface area contributed by atoms with Gasteiger partial charge in [-0.1, -0.05) is 0 Å². The summed E-state index contributed by atoms with van der Waals surface area (Å²) in [5.41, 5.74) is 5.39. The van der Waals surface area contributed by atoms with Crippen LogP contribution in [0.1, 0.15) is 6.42 Å². The number of hydrogen-bond donors (Lipinski definition) is 1. The Kier molecular flexibility index (Phi) is 5.59. The van der Waals surface area contributed by atoms with Crippen molar-refractivity contribution in [1.29, 1.82) is 0 Å². The van der Waals surface area contributed by atoms with E-state index in [9.17, 15) is 8.42 Å². The van der Waals surface area contributed by atoms with E-state index in [1.807, 2.05) is 0 Å². The lowest BCUT2D eigenvalue weighted by Gasteiger charge is -2.18. The lowest BCUT2D eigenvalue weighted by Crippen LogP contribution is -2.29. The third-order valence-corrected chi connectivity index (χ3v) is 4.63. The summed E-state index contributed by atoms with van der Waals surface area (Å²) in [6.45, 7) is 0.813. The number of methoxy groups -OCH3 is 2. The molecule has 108 valence electrons.